The molecule has 1 aromatic carbocycles. The van der Waals surface area contributed by atoms with Crippen molar-refractivity contribution in [2.75, 3.05) is 13.2 Å². The molecule has 0 atom stereocenters. The molecule has 1 aromatic heterocycles. The minimum absolute atomic E-state index is 0.0719. The number of carbonyl (C=O) groups excluding carboxylic acids is 1. The molecule has 0 saturated heterocycles. The van der Waals surface area contributed by atoms with Gasteiger partial charge in [-0.1, -0.05) is 6.07 Å². The average Bonchev–Trinajstić information content (AvgIpc) is 2.88. The molecule has 0 unspecified atom stereocenters. The van der Waals surface area contributed by atoms with Gasteiger partial charge in [0.2, 0.25) is 5.91 Å². The van der Waals surface area contributed by atoms with E-state index < -0.39 is 5.97 Å². The molecular weight excluding hydrogens is 328 g/mol. The van der Waals surface area contributed by atoms with E-state index in [0.29, 0.717) is 23.9 Å². The van der Waals surface area contributed by atoms with E-state index in [9.17, 15) is 9.59 Å². The second kappa shape index (κ2) is 7.92. The van der Waals surface area contributed by atoms with Crippen molar-refractivity contribution in [2.24, 2.45) is 0 Å². The highest BCUT2D eigenvalue weighted by atomic mass is 32.1. The maximum absolute atomic E-state index is 11.9. The highest BCUT2D eigenvalue weighted by Crippen LogP contribution is 2.18. The number of carboxylic acid groups (broad SMARTS) is 1. The molecule has 0 aliphatic heterocycles. The average molecular weight is 348 g/mol. The number of benzene rings is 1. The van der Waals surface area contributed by atoms with E-state index in [1.54, 1.807) is 6.92 Å². The summed E-state index contributed by atoms with van der Waals surface area (Å²) in [6, 6.07) is 5.85. The van der Waals surface area contributed by atoms with Crippen molar-refractivity contribution in [3.05, 3.63) is 44.9 Å². The number of aryl methyl sites for hydroxylation is 3. The summed E-state index contributed by atoms with van der Waals surface area (Å²) in [5, 5.41) is 12.2. The number of aromatic carboxylic acids is 1. The van der Waals surface area contributed by atoms with Gasteiger partial charge in [-0.2, -0.15) is 0 Å². The molecule has 0 spiro atoms. The van der Waals surface area contributed by atoms with Gasteiger partial charge in [0.25, 0.3) is 0 Å². The molecule has 2 N–H and O–H groups in total. The summed E-state index contributed by atoms with van der Waals surface area (Å²) < 4.78 is 5.59. The predicted octanol–water partition coefficient (Wildman–Crippen LogP) is 2.50. The summed E-state index contributed by atoms with van der Waals surface area (Å²) in [6.07, 6.45) is 0.0719. The van der Waals surface area contributed by atoms with Crippen molar-refractivity contribution >= 4 is 23.2 Å². The van der Waals surface area contributed by atoms with E-state index in [4.69, 9.17) is 9.84 Å². The van der Waals surface area contributed by atoms with Crippen molar-refractivity contribution in [1.29, 1.82) is 0 Å². The Bertz CT molecular complexity index is 755. The molecule has 0 radical (unpaired) electrons. The Hall–Kier alpha value is -2.41. The summed E-state index contributed by atoms with van der Waals surface area (Å²) in [6.45, 7) is 6.42. The second-order valence-corrected chi connectivity index (χ2v) is 6.53. The summed E-state index contributed by atoms with van der Waals surface area (Å²) >= 11 is 1.03. The maximum atomic E-state index is 11.9. The van der Waals surface area contributed by atoms with Gasteiger partial charge in [0.05, 0.1) is 18.7 Å². The zero-order valence-electron chi connectivity index (χ0n) is 13.9. The third-order valence-electron chi connectivity index (χ3n) is 3.52. The number of hydrogen-bond donors (Lipinski definition) is 2. The molecule has 7 heteroatoms. The fourth-order valence-corrected chi connectivity index (χ4v) is 2.99. The van der Waals surface area contributed by atoms with Crippen LogP contribution in [0.5, 0.6) is 5.75 Å². The molecule has 24 heavy (non-hydrogen) atoms. The number of nitrogens with one attached hydrogen (secondary N) is 1. The number of hydrogen-bond acceptors (Lipinski definition) is 5. The number of carbonyl (C=O) groups is 2. The monoisotopic (exact) mass is 348 g/mol. The maximum Gasteiger partial charge on any atom is 0.347 e. The summed E-state index contributed by atoms with van der Waals surface area (Å²) in [4.78, 5) is 27.1. The van der Waals surface area contributed by atoms with Gasteiger partial charge in [-0.15, -0.1) is 11.3 Å². The normalized spacial score (nSPS) is 10.5. The van der Waals surface area contributed by atoms with Crippen molar-refractivity contribution in [3.8, 4) is 5.75 Å². The van der Waals surface area contributed by atoms with Crippen LogP contribution in [-0.4, -0.2) is 35.1 Å². The first kappa shape index (κ1) is 17.9. The summed E-state index contributed by atoms with van der Waals surface area (Å²) in [5.41, 5.74) is 2.80. The lowest BCUT2D eigenvalue weighted by Gasteiger charge is -2.09. The van der Waals surface area contributed by atoms with Crippen LogP contribution in [0.4, 0.5) is 0 Å². The van der Waals surface area contributed by atoms with Crippen LogP contribution < -0.4 is 10.1 Å². The van der Waals surface area contributed by atoms with Gasteiger partial charge < -0.3 is 15.2 Å². The number of rotatable bonds is 7. The summed E-state index contributed by atoms with van der Waals surface area (Å²) in [5.74, 6) is -0.447. The van der Waals surface area contributed by atoms with Gasteiger partial charge in [0.1, 0.15) is 22.2 Å². The van der Waals surface area contributed by atoms with E-state index >= 15 is 0 Å². The quantitative estimate of drug-likeness (QED) is 0.751. The van der Waals surface area contributed by atoms with Crippen LogP contribution in [-0.2, 0) is 11.2 Å². The SMILES string of the molecule is Cc1ccc(OCCNC(=O)Cc2nc(C)c(C(=O)O)s2)cc1C. The standard InChI is InChI=1S/C17H20N2O4S/c1-10-4-5-13(8-11(10)2)23-7-6-18-14(20)9-15-19-12(3)16(24-15)17(21)22/h4-5,8H,6-7,9H2,1-3H3,(H,18,20)(H,21,22). The lowest BCUT2D eigenvalue weighted by molar-refractivity contribution is -0.120. The Morgan fingerprint density at radius 1 is 1.25 bits per heavy atom. The van der Waals surface area contributed by atoms with E-state index in [1.165, 1.54) is 5.56 Å². The Balaban J connectivity index is 1.76. The Labute approximate surface area is 144 Å². The topological polar surface area (TPSA) is 88.5 Å². The van der Waals surface area contributed by atoms with Gasteiger partial charge in [0, 0.05) is 0 Å². The first-order valence-electron chi connectivity index (χ1n) is 7.53. The molecule has 0 aliphatic carbocycles. The molecular formula is C17H20N2O4S. The molecule has 0 saturated carbocycles. The summed E-state index contributed by atoms with van der Waals surface area (Å²) in [7, 11) is 0. The Morgan fingerprint density at radius 2 is 2.00 bits per heavy atom. The third kappa shape index (κ3) is 4.79. The molecule has 0 fully saturated rings. The van der Waals surface area contributed by atoms with Crippen molar-refractivity contribution in [2.45, 2.75) is 27.2 Å². The van der Waals surface area contributed by atoms with Crippen LogP contribution >= 0.6 is 11.3 Å². The molecule has 2 rings (SSSR count). The van der Waals surface area contributed by atoms with Gasteiger partial charge in [-0.05, 0) is 44.0 Å². The zero-order valence-corrected chi connectivity index (χ0v) is 14.7. The molecule has 0 aliphatic rings. The number of amides is 1. The Kier molecular flexibility index (Phi) is 5.92. The smallest absolute Gasteiger partial charge is 0.347 e. The van der Waals surface area contributed by atoms with E-state index in [0.717, 1.165) is 22.6 Å². The van der Waals surface area contributed by atoms with Crippen molar-refractivity contribution < 1.29 is 19.4 Å². The molecule has 1 amide bonds. The van der Waals surface area contributed by atoms with Crippen molar-refractivity contribution in [1.82, 2.24) is 10.3 Å². The third-order valence-corrected chi connectivity index (χ3v) is 4.66. The first-order valence-corrected chi connectivity index (χ1v) is 8.35. The van der Waals surface area contributed by atoms with Crippen LogP contribution in [0.15, 0.2) is 18.2 Å². The number of ether oxygens (including phenoxy) is 1. The van der Waals surface area contributed by atoms with E-state index in [2.05, 4.69) is 10.3 Å². The van der Waals surface area contributed by atoms with Gasteiger partial charge in [-0.3, -0.25) is 4.79 Å². The highest BCUT2D eigenvalue weighted by molar-refractivity contribution is 7.13. The van der Waals surface area contributed by atoms with Crippen LogP contribution in [0.2, 0.25) is 0 Å². The first-order chi connectivity index (χ1) is 11.4. The molecule has 1 heterocycles. The van der Waals surface area contributed by atoms with Crippen molar-refractivity contribution in [3.63, 3.8) is 0 Å². The fourth-order valence-electron chi connectivity index (χ4n) is 2.09. The van der Waals surface area contributed by atoms with Crippen LogP contribution in [0.3, 0.4) is 0 Å². The lowest BCUT2D eigenvalue weighted by atomic mass is 10.1. The number of carboxylic acids is 1. The van der Waals surface area contributed by atoms with E-state index in [-0.39, 0.29) is 17.2 Å². The minimum atomic E-state index is -1.02. The minimum Gasteiger partial charge on any atom is -0.492 e. The largest absolute Gasteiger partial charge is 0.492 e. The van der Waals surface area contributed by atoms with Gasteiger partial charge in [0.15, 0.2) is 0 Å². The number of nitrogens with zero attached hydrogens (tertiary/aromatic N) is 1. The van der Waals surface area contributed by atoms with Gasteiger partial charge >= 0.3 is 5.97 Å². The predicted molar refractivity (Wildman–Crippen MR) is 91.9 cm³/mol. The van der Waals surface area contributed by atoms with Crippen LogP contribution in [0, 0.1) is 20.8 Å². The highest BCUT2D eigenvalue weighted by Gasteiger charge is 2.15. The van der Waals surface area contributed by atoms with Gasteiger partial charge in [-0.25, -0.2) is 9.78 Å². The Morgan fingerprint density at radius 3 is 2.62 bits per heavy atom. The molecule has 128 valence electrons. The number of aromatic nitrogens is 1. The lowest BCUT2D eigenvalue weighted by Crippen LogP contribution is -2.29. The fraction of sp³-hybridized carbons (Fsp3) is 0.353. The molecule has 6 nitrogen and oxygen atoms in total. The zero-order chi connectivity index (χ0) is 17.7. The van der Waals surface area contributed by atoms with Crippen LogP contribution in [0.25, 0.3) is 0 Å². The van der Waals surface area contributed by atoms with E-state index in [1.807, 2.05) is 32.0 Å². The van der Waals surface area contributed by atoms with Crippen LogP contribution in [0.1, 0.15) is 31.5 Å². The molecule has 2 aromatic rings. The number of thiazole rings is 1. The molecule has 0 bridgehead atoms. The second-order valence-electron chi connectivity index (χ2n) is 5.45.